The molecule has 0 aliphatic heterocycles. The SMILES string of the molecule is COC(=O)CCCN(C)C(=O)N(CC(N)=O)CC(=O)O. The first-order valence-electron chi connectivity index (χ1n) is 5.84. The van der Waals surface area contributed by atoms with Crippen molar-refractivity contribution in [2.45, 2.75) is 12.8 Å². The van der Waals surface area contributed by atoms with Crippen molar-refractivity contribution in [3.05, 3.63) is 0 Å². The smallest absolute Gasteiger partial charge is 0.323 e. The number of carbonyl (C=O) groups is 4. The molecule has 0 saturated heterocycles. The van der Waals surface area contributed by atoms with Crippen molar-refractivity contribution in [1.82, 2.24) is 9.80 Å². The third kappa shape index (κ3) is 7.19. The minimum atomic E-state index is -1.25. The zero-order valence-corrected chi connectivity index (χ0v) is 11.5. The van der Waals surface area contributed by atoms with Gasteiger partial charge in [0.25, 0.3) is 0 Å². The summed E-state index contributed by atoms with van der Waals surface area (Å²) in [6.45, 7) is -0.877. The molecule has 20 heavy (non-hydrogen) atoms. The summed E-state index contributed by atoms with van der Waals surface area (Å²) in [4.78, 5) is 46.3. The van der Waals surface area contributed by atoms with Crippen LogP contribution in [0.25, 0.3) is 0 Å². The van der Waals surface area contributed by atoms with E-state index in [2.05, 4.69) is 4.74 Å². The number of nitrogens with zero attached hydrogens (tertiary/aromatic N) is 2. The maximum Gasteiger partial charge on any atom is 0.323 e. The number of aliphatic carboxylic acids is 1. The number of nitrogens with two attached hydrogens (primary N) is 1. The van der Waals surface area contributed by atoms with E-state index in [1.165, 1.54) is 19.1 Å². The molecule has 9 nitrogen and oxygen atoms in total. The van der Waals surface area contributed by atoms with E-state index in [-0.39, 0.29) is 13.0 Å². The zero-order chi connectivity index (χ0) is 15.7. The third-order valence-electron chi connectivity index (χ3n) is 2.37. The number of amides is 3. The van der Waals surface area contributed by atoms with Gasteiger partial charge in [0, 0.05) is 20.0 Å². The first-order valence-corrected chi connectivity index (χ1v) is 5.84. The number of carbonyl (C=O) groups excluding carboxylic acids is 3. The number of carboxylic acid groups (broad SMARTS) is 1. The highest BCUT2D eigenvalue weighted by molar-refractivity contribution is 5.85. The summed E-state index contributed by atoms with van der Waals surface area (Å²) in [5.41, 5.74) is 4.96. The van der Waals surface area contributed by atoms with Crippen LogP contribution in [0.4, 0.5) is 4.79 Å². The minimum Gasteiger partial charge on any atom is -0.480 e. The third-order valence-corrected chi connectivity index (χ3v) is 2.37. The molecule has 9 heteroatoms. The molecule has 0 rings (SSSR count). The van der Waals surface area contributed by atoms with Gasteiger partial charge in [-0.25, -0.2) is 4.79 Å². The first-order chi connectivity index (χ1) is 9.27. The van der Waals surface area contributed by atoms with Crippen molar-refractivity contribution in [2.75, 3.05) is 33.8 Å². The Morgan fingerprint density at radius 3 is 2.25 bits per heavy atom. The van der Waals surface area contributed by atoms with Gasteiger partial charge >= 0.3 is 18.0 Å². The second-order valence-corrected chi connectivity index (χ2v) is 4.10. The molecule has 0 bridgehead atoms. The van der Waals surface area contributed by atoms with E-state index in [4.69, 9.17) is 10.8 Å². The lowest BCUT2D eigenvalue weighted by atomic mass is 10.3. The van der Waals surface area contributed by atoms with Crippen LogP contribution in [-0.2, 0) is 19.1 Å². The van der Waals surface area contributed by atoms with Gasteiger partial charge in [-0.15, -0.1) is 0 Å². The highest BCUT2D eigenvalue weighted by Crippen LogP contribution is 2.01. The molecule has 0 aliphatic carbocycles. The van der Waals surface area contributed by atoms with Gasteiger partial charge in [-0.05, 0) is 6.42 Å². The summed E-state index contributed by atoms with van der Waals surface area (Å²) < 4.78 is 4.45. The van der Waals surface area contributed by atoms with E-state index in [0.717, 1.165) is 4.90 Å². The van der Waals surface area contributed by atoms with Crippen LogP contribution in [-0.4, -0.2) is 72.6 Å². The molecule has 0 spiro atoms. The number of urea groups is 1. The Morgan fingerprint density at radius 2 is 1.80 bits per heavy atom. The number of hydrogen-bond acceptors (Lipinski definition) is 5. The van der Waals surface area contributed by atoms with E-state index in [0.29, 0.717) is 6.42 Å². The lowest BCUT2D eigenvalue weighted by Crippen LogP contribution is -2.47. The number of ether oxygens (including phenoxy) is 1. The Hall–Kier alpha value is -2.32. The topological polar surface area (TPSA) is 130 Å². The van der Waals surface area contributed by atoms with Crippen LogP contribution in [0, 0.1) is 0 Å². The monoisotopic (exact) mass is 289 g/mol. The van der Waals surface area contributed by atoms with Crippen LogP contribution >= 0.6 is 0 Å². The summed E-state index contributed by atoms with van der Waals surface area (Å²) in [5.74, 6) is -2.45. The number of esters is 1. The fourth-order valence-electron chi connectivity index (χ4n) is 1.44. The van der Waals surface area contributed by atoms with E-state index >= 15 is 0 Å². The molecule has 3 amide bonds. The summed E-state index contributed by atoms with van der Waals surface area (Å²) in [6.07, 6.45) is 0.509. The van der Waals surface area contributed by atoms with E-state index < -0.39 is 37.0 Å². The number of hydrogen-bond donors (Lipinski definition) is 2. The maximum atomic E-state index is 11.9. The zero-order valence-electron chi connectivity index (χ0n) is 11.5. The number of primary amides is 1. The number of carboxylic acids is 1. The van der Waals surface area contributed by atoms with Gasteiger partial charge in [0.15, 0.2) is 0 Å². The molecule has 0 fully saturated rings. The molecule has 0 unspecified atom stereocenters. The number of methoxy groups -OCH3 is 1. The second-order valence-electron chi connectivity index (χ2n) is 4.10. The van der Waals surface area contributed by atoms with E-state index in [9.17, 15) is 19.2 Å². The van der Waals surface area contributed by atoms with Crippen LogP contribution < -0.4 is 5.73 Å². The summed E-state index contributed by atoms with van der Waals surface area (Å²) >= 11 is 0. The van der Waals surface area contributed by atoms with E-state index in [1.54, 1.807) is 0 Å². The van der Waals surface area contributed by atoms with Crippen molar-refractivity contribution < 1.29 is 29.0 Å². The first kappa shape index (κ1) is 17.7. The van der Waals surface area contributed by atoms with Crippen LogP contribution in [0.15, 0.2) is 0 Å². The van der Waals surface area contributed by atoms with Crippen molar-refractivity contribution in [1.29, 1.82) is 0 Å². The number of rotatable bonds is 8. The largest absolute Gasteiger partial charge is 0.480 e. The van der Waals surface area contributed by atoms with Gasteiger partial charge < -0.3 is 25.4 Å². The van der Waals surface area contributed by atoms with Crippen molar-refractivity contribution in [3.63, 3.8) is 0 Å². The molecule has 0 aromatic heterocycles. The lowest BCUT2D eigenvalue weighted by Gasteiger charge is -2.25. The predicted octanol–water partition coefficient (Wildman–Crippen LogP) is -1.14. The Balaban J connectivity index is 4.43. The van der Waals surface area contributed by atoms with Gasteiger partial charge in [0.1, 0.15) is 13.1 Å². The van der Waals surface area contributed by atoms with Crippen LogP contribution in [0.5, 0.6) is 0 Å². The summed E-state index contributed by atoms with van der Waals surface area (Å²) in [6, 6.07) is -0.643. The minimum absolute atomic E-state index is 0.142. The van der Waals surface area contributed by atoms with Crippen LogP contribution in [0.3, 0.4) is 0 Å². The normalized spacial score (nSPS) is 9.70. The van der Waals surface area contributed by atoms with Gasteiger partial charge in [0.05, 0.1) is 7.11 Å². The Morgan fingerprint density at radius 1 is 1.20 bits per heavy atom. The molecule has 0 atom stereocenters. The molecule has 114 valence electrons. The summed E-state index contributed by atoms with van der Waals surface area (Å²) in [7, 11) is 2.70. The molecule has 0 saturated carbocycles. The van der Waals surface area contributed by atoms with Crippen molar-refractivity contribution >= 4 is 23.9 Å². The molecule has 0 heterocycles. The molecular formula is C11H19N3O6. The average molecular weight is 289 g/mol. The Labute approximate surface area is 116 Å². The van der Waals surface area contributed by atoms with Crippen LogP contribution in [0.1, 0.15) is 12.8 Å². The van der Waals surface area contributed by atoms with Gasteiger partial charge in [0.2, 0.25) is 5.91 Å². The Kier molecular flexibility index (Phi) is 7.71. The van der Waals surface area contributed by atoms with Gasteiger partial charge in [-0.1, -0.05) is 0 Å². The molecule has 3 N–H and O–H groups in total. The second kappa shape index (κ2) is 8.73. The maximum absolute atomic E-state index is 11.9. The lowest BCUT2D eigenvalue weighted by molar-refractivity contribution is -0.141. The predicted molar refractivity (Wildman–Crippen MR) is 67.7 cm³/mol. The van der Waals surface area contributed by atoms with Crippen molar-refractivity contribution in [2.24, 2.45) is 5.73 Å². The molecule has 0 aromatic carbocycles. The highest BCUT2D eigenvalue weighted by atomic mass is 16.5. The van der Waals surface area contributed by atoms with Crippen LogP contribution in [0.2, 0.25) is 0 Å². The quantitative estimate of drug-likeness (QED) is 0.543. The standard InChI is InChI=1S/C11H19N3O6/c1-13(5-3-4-10(18)20-2)11(19)14(6-8(12)15)7-9(16)17/h3-7H2,1-2H3,(H2,12,15)(H,16,17). The highest BCUT2D eigenvalue weighted by Gasteiger charge is 2.22. The van der Waals surface area contributed by atoms with E-state index in [1.807, 2.05) is 0 Å². The average Bonchev–Trinajstić information content (AvgIpc) is 2.35. The van der Waals surface area contributed by atoms with Gasteiger partial charge in [-0.3, -0.25) is 14.4 Å². The molecule has 0 aliphatic rings. The van der Waals surface area contributed by atoms with Gasteiger partial charge in [-0.2, -0.15) is 0 Å². The molecule has 0 radical (unpaired) electrons. The fraction of sp³-hybridized carbons (Fsp3) is 0.636. The molecular weight excluding hydrogens is 270 g/mol. The Bertz CT molecular complexity index is 368. The van der Waals surface area contributed by atoms with Crippen molar-refractivity contribution in [3.8, 4) is 0 Å². The molecule has 0 aromatic rings. The summed E-state index contributed by atoms with van der Waals surface area (Å²) in [5, 5.41) is 8.68. The fourth-order valence-corrected chi connectivity index (χ4v) is 1.44.